The standard InChI is InChI=1S/C8H7BrO2/c1-5-2-6(11)3-8(9)7(5)4-10/h2-4,11H,1H3. The first-order valence-corrected chi connectivity index (χ1v) is 3.88. The third kappa shape index (κ3) is 1.60. The second kappa shape index (κ2) is 3.05. The van der Waals surface area contributed by atoms with E-state index < -0.39 is 0 Å². The molecule has 0 aliphatic carbocycles. The van der Waals surface area contributed by atoms with E-state index in [9.17, 15) is 4.79 Å². The van der Waals surface area contributed by atoms with Gasteiger partial charge in [0.05, 0.1) is 0 Å². The maximum absolute atomic E-state index is 10.4. The van der Waals surface area contributed by atoms with Gasteiger partial charge in [-0.05, 0) is 40.5 Å². The summed E-state index contributed by atoms with van der Waals surface area (Å²) in [6.45, 7) is 1.77. The number of benzene rings is 1. The smallest absolute Gasteiger partial charge is 0.151 e. The van der Waals surface area contributed by atoms with E-state index in [0.717, 1.165) is 11.8 Å². The Morgan fingerprint density at radius 1 is 1.55 bits per heavy atom. The van der Waals surface area contributed by atoms with Crippen LogP contribution in [0.25, 0.3) is 0 Å². The molecule has 0 bridgehead atoms. The lowest BCUT2D eigenvalue weighted by Crippen LogP contribution is -1.87. The fraction of sp³-hybridized carbons (Fsp3) is 0.125. The Kier molecular flexibility index (Phi) is 2.29. The SMILES string of the molecule is Cc1cc(O)cc(Br)c1C=O. The van der Waals surface area contributed by atoms with Crippen LogP contribution in [0.1, 0.15) is 15.9 Å². The highest BCUT2D eigenvalue weighted by Crippen LogP contribution is 2.24. The third-order valence-corrected chi connectivity index (χ3v) is 2.10. The first-order chi connectivity index (χ1) is 5.15. The summed E-state index contributed by atoms with van der Waals surface area (Å²) in [7, 11) is 0. The molecule has 0 aliphatic heterocycles. The summed E-state index contributed by atoms with van der Waals surface area (Å²) in [5.74, 6) is 0.167. The third-order valence-electron chi connectivity index (χ3n) is 1.44. The molecule has 0 atom stereocenters. The zero-order chi connectivity index (χ0) is 8.43. The quantitative estimate of drug-likeness (QED) is 0.729. The van der Waals surface area contributed by atoms with E-state index in [1.165, 1.54) is 6.07 Å². The highest BCUT2D eigenvalue weighted by Gasteiger charge is 2.03. The van der Waals surface area contributed by atoms with Gasteiger partial charge in [-0.1, -0.05) is 0 Å². The Hall–Kier alpha value is -0.830. The maximum atomic E-state index is 10.4. The van der Waals surface area contributed by atoms with Gasteiger partial charge in [-0.25, -0.2) is 0 Å². The molecular weight excluding hydrogens is 208 g/mol. The van der Waals surface area contributed by atoms with Crippen molar-refractivity contribution < 1.29 is 9.90 Å². The fourth-order valence-electron chi connectivity index (χ4n) is 0.886. The molecule has 0 aromatic heterocycles. The van der Waals surface area contributed by atoms with E-state index in [4.69, 9.17) is 5.11 Å². The van der Waals surface area contributed by atoms with Crippen LogP contribution in [0.15, 0.2) is 16.6 Å². The molecular formula is C8H7BrO2. The van der Waals surface area contributed by atoms with Gasteiger partial charge in [-0.3, -0.25) is 4.79 Å². The molecule has 1 aromatic carbocycles. The molecule has 0 saturated heterocycles. The summed E-state index contributed by atoms with van der Waals surface area (Å²) in [5, 5.41) is 9.07. The number of rotatable bonds is 1. The molecule has 0 saturated carbocycles. The Morgan fingerprint density at radius 2 is 2.18 bits per heavy atom. The summed E-state index contributed by atoms with van der Waals surface area (Å²) >= 11 is 3.17. The predicted octanol–water partition coefficient (Wildman–Crippen LogP) is 2.28. The average molecular weight is 215 g/mol. The van der Waals surface area contributed by atoms with Gasteiger partial charge < -0.3 is 5.11 Å². The molecule has 0 aliphatic rings. The van der Waals surface area contributed by atoms with Crippen LogP contribution in [-0.2, 0) is 0 Å². The van der Waals surface area contributed by atoms with E-state index in [1.54, 1.807) is 13.0 Å². The van der Waals surface area contributed by atoms with Crippen LogP contribution in [0.4, 0.5) is 0 Å². The lowest BCUT2D eigenvalue weighted by atomic mass is 10.1. The Labute approximate surface area is 73.0 Å². The maximum Gasteiger partial charge on any atom is 0.151 e. The number of carbonyl (C=O) groups excluding carboxylic acids is 1. The molecule has 1 N–H and O–H groups in total. The largest absolute Gasteiger partial charge is 0.508 e. The highest BCUT2D eigenvalue weighted by molar-refractivity contribution is 9.10. The van der Waals surface area contributed by atoms with Crippen LogP contribution in [0.5, 0.6) is 5.75 Å². The van der Waals surface area contributed by atoms with Gasteiger partial charge in [0.1, 0.15) is 5.75 Å². The number of aldehydes is 1. The lowest BCUT2D eigenvalue weighted by molar-refractivity contribution is 0.112. The number of aromatic hydroxyl groups is 1. The van der Waals surface area contributed by atoms with Crippen molar-refractivity contribution in [2.75, 3.05) is 0 Å². The lowest BCUT2D eigenvalue weighted by Gasteiger charge is -2.01. The Bertz CT molecular complexity index is 271. The minimum absolute atomic E-state index is 0.167. The first-order valence-electron chi connectivity index (χ1n) is 3.09. The van der Waals surface area contributed by atoms with Crippen molar-refractivity contribution in [2.24, 2.45) is 0 Å². The van der Waals surface area contributed by atoms with Crippen molar-refractivity contribution in [3.8, 4) is 5.75 Å². The molecule has 0 unspecified atom stereocenters. The van der Waals surface area contributed by atoms with Crippen molar-refractivity contribution in [2.45, 2.75) is 6.92 Å². The van der Waals surface area contributed by atoms with Crippen LogP contribution >= 0.6 is 15.9 Å². The minimum atomic E-state index is 0.167. The molecule has 3 heteroatoms. The molecule has 0 spiro atoms. The van der Waals surface area contributed by atoms with E-state index in [-0.39, 0.29) is 5.75 Å². The molecule has 1 rings (SSSR count). The topological polar surface area (TPSA) is 37.3 Å². The van der Waals surface area contributed by atoms with Crippen LogP contribution in [0.2, 0.25) is 0 Å². The summed E-state index contributed by atoms with van der Waals surface area (Å²) in [5.41, 5.74) is 1.36. The fourth-order valence-corrected chi connectivity index (χ4v) is 1.53. The van der Waals surface area contributed by atoms with Gasteiger partial charge in [0, 0.05) is 10.0 Å². The van der Waals surface area contributed by atoms with Crippen molar-refractivity contribution >= 4 is 22.2 Å². The van der Waals surface area contributed by atoms with E-state index in [1.807, 2.05) is 0 Å². The van der Waals surface area contributed by atoms with Gasteiger partial charge in [0.15, 0.2) is 6.29 Å². The molecule has 0 fully saturated rings. The highest BCUT2D eigenvalue weighted by atomic mass is 79.9. The number of hydrogen-bond acceptors (Lipinski definition) is 2. The van der Waals surface area contributed by atoms with Gasteiger partial charge in [0.2, 0.25) is 0 Å². The zero-order valence-electron chi connectivity index (χ0n) is 5.97. The van der Waals surface area contributed by atoms with E-state index >= 15 is 0 Å². The second-order valence-corrected chi connectivity index (χ2v) is 3.13. The molecule has 11 heavy (non-hydrogen) atoms. The molecule has 1 aromatic rings. The molecule has 0 radical (unpaired) electrons. The number of halogens is 1. The summed E-state index contributed by atoms with van der Waals surface area (Å²) in [6, 6.07) is 3.05. The van der Waals surface area contributed by atoms with Crippen LogP contribution in [0, 0.1) is 6.92 Å². The van der Waals surface area contributed by atoms with Crippen molar-refractivity contribution in [1.82, 2.24) is 0 Å². The van der Waals surface area contributed by atoms with Gasteiger partial charge >= 0.3 is 0 Å². The number of phenols is 1. The molecule has 0 heterocycles. The number of hydrogen-bond donors (Lipinski definition) is 1. The Balaban J connectivity index is 3.36. The first kappa shape index (κ1) is 8.27. The molecule has 2 nitrogen and oxygen atoms in total. The second-order valence-electron chi connectivity index (χ2n) is 2.28. The summed E-state index contributed by atoms with van der Waals surface area (Å²) < 4.78 is 0.630. The van der Waals surface area contributed by atoms with E-state index in [0.29, 0.717) is 10.0 Å². The minimum Gasteiger partial charge on any atom is -0.508 e. The average Bonchev–Trinajstić information content (AvgIpc) is 1.85. The van der Waals surface area contributed by atoms with Crippen LogP contribution < -0.4 is 0 Å². The summed E-state index contributed by atoms with van der Waals surface area (Å²) in [6.07, 6.45) is 0.763. The predicted molar refractivity (Wildman–Crippen MR) is 45.9 cm³/mol. The van der Waals surface area contributed by atoms with Gasteiger partial charge in [0.25, 0.3) is 0 Å². The van der Waals surface area contributed by atoms with Gasteiger partial charge in [-0.15, -0.1) is 0 Å². The zero-order valence-corrected chi connectivity index (χ0v) is 7.55. The number of phenolic OH excluding ortho intramolecular Hbond substituents is 1. The molecule has 0 amide bonds. The normalized spacial score (nSPS) is 9.64. The van der Waals surface area contributed by atoms with E-state index in [2.05, 4.69) is 15.9 Å². The number of aryl methyl sites for hydroxylation is 1. The molecule has 58 valence electrons. The van der Waals surface area contributed by atoms with Crippen molar-refractivity contribution in [3.63, 3.8) is 0 Å². The van der Waals surface area contributed by atoms with Crippen molar-refractivity contribution in [1.29, 1.82) is 0 Å². The van der Waals surface area contributed by atoms with Gasteiger partial charge in [-0.2, -0.15) is 0 Å². The monoisotopic (exact) mass is 214 g/mol. The van der Waals surface area contributed by atoms with Crippen molar-refractivity contribution in [3.05, 3.63) is 27.7 Å². The van der Waals surface area contributed by atoms with Crippen LogP contribution in [0.3, 0.4) is 0 Å². The summed E-state index contributed by atoms with van der Waals surface area (Å²) in [4.78, 5) is 10.4. The number of carbonyl (C=O) groups is 1. The van der Waals surface area contributed by atoms with Crippen LogP contribution in [-0.4, -0.2) is 11.4 Å². The Morgan fingerprint density at radius 3 is 2.64 bits per heavy atom.